The Labute approximate surface area is 172 Å². The molecule has 2 unspecified atom stereocenters. The Morgan fingerprint density at radius 2 is 1.86 bits per heavy atom. The average Bonchev–Trinajstić information content (AvgIpc) is 2.73. The van der Waals surface area contributed by atoms with E-state index in [0.29, 0.717) is 30.3 Å². The van der Waals surface area contributed by atoms with Gasteiger partial charge in [-0.25, -0.2) is 8.42 Å². The van der Waals surface area contributed by atoms with Crippen molar-refractivity contribution in [1.29, 1.82) is 0 Å². The molecule has 1 N–H and O–H groups in total. The van der Waals surface area contributed by atoms with E-state index in [4.69, 9.17) is 4.74 Å². The number of methoxy groups -OCH3 is 1. The van der Waals surface area contributed by atoms with Gasteiger partial charge in [-0.3, -0.25) is 4.79 Å². The summed E-state index contributed by atoms with van der Waals surface area (Å²) in [5.74, 6) is 0.802. The van der Waals surface area contributed by atoms with E-state index in [9.17, 15) is 13.2 Å². The first-order chi connectivity index (χ1) is 13.8. The smallest absolute Gasteiger partial charge is 0.251 e. The van der Waals surface area contributed by atoms with Crippen molar-refractivity contribution in [3.05, 3.63) is 59.7 Å². The fraction of sp³-hybridized carbons (Fsp3) is 0.409. The number of hydrogen-bond acceptors (Lipinski definition) is 4. The minimum atomic E-state index is -3.53. The lowest BCUT2D eigenvalue weighted by atomic mass is 10.0. The summed E-state index contributed by atoms with van der Waals surface area (Å²) in [5, 5.41) is 2.94. The van der Waals surface area contributed by atoms with E-state index in [1.807, 2.05) is 31.2 Å². The second kappa shape index (κ2) is 8.97. The minimum Gasteiger partial charge on any atom is -0.496 e. The molecule has 0 aromatic heterocycles. The predicted molar refractivity (Wildman–Crippen MR) is 112 cm³/mol. The first kappa shape index (κ1) is 21.3. The number of ether oxygens (including phenoxy) is 1. The van der Waals surface area contributed by atoms with Gasteiger partial charge in [-0.05, 0) is 56.0 Å². The standard InChI is InChI=1S/C22H28N2O4S/c1-16-7-6-14-24(15-16)29(26,27)19-12-10-18(11-13-19)22(25)23-17(2)20-8-4-5-9-21(20)28-3/h4-5,8-13,16-17H,6-7,14-15H2,1-3H3,(H,23,25). The first-order valence-electron chi connectivity index (χ1n) is 9.87. The van der Waals surface area contributed by atoms with Crippen LogP contribution in [0.5, 0.6) is 5.75 Å². The van der Waals surface area contributed by atoms with Gasteiger partial charge in [0, 0.05) is 24.2 Å². The van der Waals surface area contributed by atoms with Crippen molar-refractivity contribution in [2.75, 3.05) is 20.2 Å². The van der Waals surface area contributed by atoms with Crippen molar-refractivity contribution in [3.8, 4) is 5.75 Å². The molecule has 2 atom stereocenters. The number of sulfonamides is 1. The maximum atomic E-state index is 12.9. The van der Waals surface area contributed by atoms with Crippen LogP contribution in [-0.2, 0) is 10.0 Å². The molecular weight excluding hydrogens is 388 g/mol. The Morgan fingerprint density at radius 1 is 1.17 bits per heavy atom. The Kier molecular flexibility index (Phi) is 6.59. The zero-order valence-corrected chi connectivity index (χ0v) is 17.9. The Morgan fingerprint density at radius 3 is 2.52 bits per heavy atom. The highest BCUT2D eigenvalue weighted by atomic mass is 32.2. The van der Waals surface area contributed by atoms with E-state index in [1.54, 1.807) is 23.5 Å². The van der Waals surface area contributed by atoms with Gasteiger partial charge >= 0.3 is 0 Å². The Hall–Kier alpha value is -2.38. The maximum absolute atomic E-state index is 12.9. The molecule has 3 rings (SSSR count). The quantitative estimate of drug-likeness (QED) is 0.781. The Bertz CT molecular complexity index is 957. The Balaban J connectivity index is 1.71. The monoisotopic (exact) mass is 416 g/mol. The molecule has 2 aromatic rings. The van der Waals surface area contributed by atoms with E-state index >= 15 is 0 Å². The number of benzene rings is 2. The van der Waals surface area contributed by atoms with Gasteiger partial charge in [0.15, 0.2) is 0 Å². The average molecular weight is 417 g/mol. The molecule has 0 bridgehead atoms. The van der Waals surface area contributed by atoms with E-state index in [2.05, 4.69) is 12.2 Å². The van der Waals surface area contributed by atoms with Crippen molar-refractivity contribution in [2.24, 2.45) is 5.92 Å². The van der Waals surface area contributed by atoms with Gasteiger partial charge in [-0.15, -0.1) is 0 Å². The van der Waals surface area contributed by atoms with Crippen molar-refractivity contribution in [2.45, 2.75) is 37.6 Å². The number of amides is 1. The second-order valence-electron chi connectivity index (χ2n) is 7.57. The van der Waals surface area contributed by atoms with Crippen LogP contribution in [0.4, 0.5) is 0 Å². The van der Waals surface area contributed by atoms with Crippen molar-refractivity contribution >= 4 is 15.9 Å². The fourth-order valence-corrected chi connectivity index (χ4v) is 5.27. The highest BCUT2D eigenvalue weighted by molar-refractivity contribution is 7.89. The van der Waals surface area contributed by atoms with Crippen LogP contribution < -0.4 is 10.1 Å². The van der Waals surface area contributed by atoms with Crippen molar-refractivity contribution in [3.63, 3.8) is 0 Å². The van der Waals surface area contributed by atoms with Crippen LogP contribution in [0.2, 0.25) is 0 Å². The van der Waals surface area contributed by atoms with Crippen molar-refractivity contribution < 1.29 is 17.9 Å². The zero-order valence-electron chi connectivity index (χ0n) is 17.1. The third-order valence-electron chi connectivity index (χ3n) is 5.33. The van der Waals surface area contributed by atoms with Crippen LogP contribution in [0.3, 0.4) is 0 Å². The molecule has 0 radical (unpaired) electrons. The minimum absolute atomic E-state index is 0.223. The molecule has 1 saturated heterocycles. The summed E-state index contributed by atoms with van der Waals surface area (Å²) in [6.07, 6.45) is 1.93. The second-order valence-corrected chi connectivity index (χ2v) is 9.51. The molecule has 0 spiro atoms. The topological polar surface area (TPSA) is 75.7 Å². The molecule has 2 aromatic carbocycles. The largest absolute Gasteiger partial charge is 0.496 e. The number of carbonyl (C=O) groups is 1. The molecule has 0 aliphatic carbocycles. The lowest BCUT2D eigenvalue weighted by Gasteiger charge is -2.30. The molecule has 7 heteroatoms. The lowest BCUT2D eigenvalue weighted by molar-refractivity contribution is 0.0939. The first-order valence-corrected chi connectivity index (χ1v) is 11.3. The summed E-state index contributed by atoms with van der Waals surface area (Å²) >= 11 is 0. The van der Waals surface area contributed by atoms with Gasteiger partial charge in [0.25, 0.3) is 5.91 Å². The summed E-state index contributed by atoms with van der Waals surface area (Å²) in [6.45, 7) is 5.04. The molecule has 156 valence electrons. The fourth-order valence-electron chi connectivity index (χ4n) is 3.67. The molecule has 6 nitrogen and oxygen atoms in total. The van der Waals surface area contributed by atoms with Crippen LogP contribution in [0, 0.1) is 5.92 Å². The number of piperidine rings is 1. The number of rotatable bonds is 6. The number of nitrogens with zero attached hydrogens (tertiary/aromatic N) is 1. The SMILES string of the molecule is COc1ccccc1C(C)NC(=O)c1ccc(S(=O)(=O)N2CCCC(C)C2)cc1. The van der Waals surface area contributed by atoms with Crippen LogP contribution in [0.25, 0.3) is 0 Å². The van der Waals surface area contributed by atoms with Crippen LogP contribution >= 0.6 is 0 Å². The van der Waals surface area contributed by atoms with E-state index in [1.165, 1.54) is 12.1 Å². The molecule has 1 amide bonds. The highest BCUT2D eigenvalue weighted by Crippen LogP contribution is 2.26. The number of hydrogen-bond donors (Lipinski definition) is 1. The van der Waals surface area contributed by atoms with Crippen LogP contribution in [-0.4, -0.2) is 38.8 Å². The number of carbonyl (C=O) groups excluding carboxylic acids is 1. The zero-order chi connectivity index (χ0) is 21.0. The predicted octanol–water partition coefficient (Wildman–Crippen LogP) is 3.61. The van der Waals surface area contributed by atoms with Crippen molar-refractivity contribution in [1.82, 2.24) is 9.62 Å². The maximum Gasteiger partial charge on any atom is 0.251 e. The summed E-state index contributed by atoms with van der Waals surface area (Å²) < 4.78 is 32.6. The molecule has 1 heterocycles. The van der Waals surface area contributed by atoms with Gasteiger partial charge in [0.1, 0.15) is 5.75 Å². The lowest BCUT2D eigenvalue weighted by Crippen LogP contribution is -2.39. The van der Waals surface area contributed by atoms with Gasteiger partial charge < -0.3 is 10.1 Å². The normalized spacial score (nSPS) is 18.8. The number of para-hydroxylation sites is 1. The molecule has 0 saturated carbocycles. The summed E-state index contributed by atoms with van der Waals surface area (Å²) in [4.78, 5) is 12.8. The highest BCUT2D eigenvalue weighted by Gasteiger charge is 2.28. The molecular formula is C22H28N2O4S. The molecule has 29 heavy (non-hydrogen) atoms. The van der Waals surface area contributed by atoms with Gasteiger partial charge in [-0.1, -0.05) is 25.1 Å². The summed E-state index contributed by atoms with van der Waals surface area (Å²) in [7, 11) is -1.93. The van der Waals surface area contributed by atoms with E-state index < -0.39 is 10.0 Å². The molecule has 1 aliphatic heterocycles. The van der Waals surface area contributed by atoms with Crippen LogP contribution in [0.1, 0.15) is 48.7 Å². The molecule has 1 fully saturated rings. The summed E-state index contributed by atoms with van der Waals surface area (Å²) in [6, 6.07) is 13.4. The third kappa shape index (κ3) is 4.79. The summed E-state index contributed by atoms with van der Waals surface area (Å²) in [5.41, 5.74) is 1.29. The molecule has 1 aliphatic rings. The van der Waals surface area contributed by atoms with E-state index in [0.717, 1.165) is 18.4 Å². The van der Waals surface area contributed by atoms with E-state index in [-0.39, 0.29) is 16.8 Å². The number of nitrogens with one attached hydrogen (secondary N) is 1. The van der Waals surface area contributed by atoms with Gasteiger partial charge in [0.2, 0.25) is 10.0 Å². The van der Waals surface area contributed by atoms with Crippen LogP contribution in [0.15, 0.2) is 53.4 Å². The third-order valence-corrected chi connectivity index (χ3v) is 7.21. The van der Waals surface area contributed by atoms with Gasteiger partial charge in [-0.2, -0.15) is 4.31 Å². The van der Waals surface area contributed by atoms with Gasteiger partial charge in [0.05, 0.1) is 18.0 Å².